The van der Waals surface area contributed by atoms with Gasteiger partial charge in [0.15, 0.2) is 0 Å². The van der Waals surface area contributed by atoms with Crippen molar-refractivity contribution in [2.24, 2.45) is 0 Å². The zero-order valence-electron chi connectivity index (χ0n) is 16.8. The van der Waals surface area contributed by atoms with E-state index in [-0.39, 0.29) is 18.1 Å². The van der Waals surface area contributed by atoms with Gasteiger partial charge in [0.1, 0.15) is 5.60 Å². The van der Waals surface area contributed by atoms with E-state index in [1.807, 2.05) is 39.0 Å². The molecule has 28 heavy (non-hydrogen) atoms. The lowest BCUT2D eigenvalue weighted by Gasteiger charge is -2.37. The number of ether oxygens (including phenoxy) is 2. The lowest BCUT2D eigenvalue weighted by atomic mass is 9.94. The van der Waals surface area contributed by atoms with Crippen molar-refractivity contribution in [1.29, 1.82) is 0 Å². The predicted octanol–water partition coefficient (Wildman–Crippen LogP) is 5.00. The number of carbonyl (C=O) groups is 2. The second-order valence-electron chi connectivity index (χ2n) is 8.12. The molecule has 0 spiro atoms. The van der Waals surface area contributed by atoms with E-state index in [1.165, 1.54) is 12.7 Å². The van der Waals surface area contributed by atoms with Crippen molar-refractivity contribution in [3.05, 3.63) is 34.5 Å². The molecule has 152 valence electrons. The molecule has 1 aromatic heterocycles. The van der Waals surface area contributed by atoms with Crippen LogP contribution in [0.2, 0.25) is 5.02 Å². The maximum absolute atomic E-state index is 12.8. The Labute approximate surface area is 170 Å². The smallest absolute Gasteiger partial charge is 0.410 e. The summed E-state index contributed by atoms with van der Waals surface area (Å²) in [5, 5.41) is 1.77. The van der Waals surface area contributed by atoms with Crippen LogP contribution in [0.15, 0.2) is 18.2 Å². The van der Waals surface area contributed by atoms with Crippen LogP contribution in [0.4, 0.5) is 4.79 Å². The highest BCUT2D eigenvalue weighted by Crippen LogP contribution is 2.38. The molecule has 1 amide bonds. The number of aromatic amines is 1. The first-order chi connectivity index (χ1) is 13.2. The van der Waals surface area contributed by atoms with E-state index in [0.29, 0.717) is 30.8 Å². The average molecular weight is 407 g/mol. The van der Waals surface area contributed by atoms with Gasteiger partial charge in [-0.1, -0.05) is 11.6 Å². The van der Waals surface area contributed by atoms with E-state index in [0.717, 1.165) is 23.0 Å². The number of rotatable bonds is 4. The number of halogens is 1. The van der Waals surface area contributed by atoms with E-state index in [1.54, 1.807) is 4.90 Å². The van der Waals surface area contributed by atoms with Crippen molar-refractivity contribution < 1.29 is 19.1 Å². The highest BCUT2D eigenvalue weighted by molar-refractivity contribution is 6.31. The Hall–Kier alpha value is -2.21. The Bertz CT molecular complexity index is 884. The second kappa shape index (κ2) is 8.03. The quantitative estimate of drug-likeness (QED) is 0.725. The maximum Gasteiger partial charge on any atom is 0.410 e. The topological polar surface area (TPSA) is 71.6 Å². The van der Waals surface area contributed by atoms with E-state index in [9.17, 15) is 9.59 Å². The first-order valence-electron chi connectivity index (χ1n) is 9.56. The number of aromatic nitrogens is 1. The highest BCUT2D eigenvalue weighted by Gasteiger charge is 2.35. The lowest BCUT2D eigenvalue weighted by Crippen LogP contribution is -2.43. The number of benzene rings is 1. The molecule has 6 nitrogen and oxygen atoms in total. The first kappa shape index (κ1) is 20.5. The van der Waals surface area contributed by atoms with E-state index >= 15 is 0 Å². The summed E-state index contributed by atoms with van der Waals surface area (Å²) in [6.07, 6.45) is 1.96. The van der Waals surface area contributed by atoms with Crippen molar-refractivity contribution in [3.63, 3.8) is 0 Å². The SMILES string of the molecule is COC(=O)CCCC1c2[nH]c3ccc(Cl)cc3c2CCN1C(=O)OC(C)(C)C. The molecule has 1 aliphatic heterocycles. The van der Waals surface area contributed by atoms with E-state index in [2.05, 4.69) is 4.98 Å². The molecule has 0 radical (unpaired) electrons. The Morgan fingerprint density at radius 3 is 2.75 bits per heavy atom. The molecule has 1 aromatic carbocycles. The van der Waals surface area contributed by atoms with Gasteiger partial charge in [0.2, 0.25) is 0 Å². The molecule has 2 aromatic rings. The lowest BCUT2D eigenvalue weighted by molar-refractivity contribution is -0.140. The molecule has 0 aliphatic carbocycles. The molecule has 0 saturated carbocycles. The Kier molecular flexibility index (Phi) is 5.89. The molecule has 7 heteroatoms. The molecule has 1 N–H and O–H groups in total. The van der Waals surface area contributed by atoms with Crippen LogP contribution in [-0.2, 0) is 20.7 Å². The number of nitrogens with one attached hydrogen (secondary N) is 1. The number of H-pyrrole nitrogens is 1. The monoisotopic (exact) mass is 406 g/mol. The molecular formula is C21H27ClN2O4. The van der Waals surface area contributed by atoms with Gasteiger partial charge in [0, 0.05) is 34.6 Å². The van der Waals surface area contributed by atoms with Crippen LogP contribution < -0.4 is 0 Å². The van der Waals surface area contributed by atoms with Gasteiger partial charge in [-0.2, -0.15) is 0 Å². The highest BCUT2D eigenvalue weighted by atomic mass is 35.5. The van der Waals surface area contributed by atoms with Gasteiger partial charge >= 0.3 is 12.1 Å². The van der Waals surface area contributed by atoms with Gasteiger partial charge in [-0.15, -0.1) is 0 Å². The predicted molar refractivity (Wildman–Crippen MR) is 109 cm³/mol. The molecule has 0 saturated heterocycles. The van der Waals surface area contributed by atoms with E-state index < -0.39 is 5.60 Å². The van der Waals surface area contributed by atoms with Gasteiger partial charge in [-0.25, -0.2) is 4.79 Å². The number of carbonyl (C=O) groups excluding carboxylic acids is 2. The largest absolute Gasteiger partial charge is 0.469 e. The maximum atomic E-state index is 12.8. The van der Waals surface area contributed by atoms with Crippen LogP contribution in [-0.4, -0.2) is 41.2 Å². The number of methoxy groups -OCH3 is 1. The first-order valence-corrected chi connectivity index (χ1v) is 9.94. The summed E-state index contributed by atoms with van der Waals surface area (Å²) < 4.78 is 10.4. The minimum absolute atomic E-state index is 0.186. The summed E-state index contributed by atoms with van der Waals surface area (Å²) in [5.74, 6) is -0.247. The zero-order valence-corrected chi connectivity index (χ0v) is 17.6. The Balaban J connectivity index is 1.92. The van der Waals surface area contributed by atoms with Crippen molar-refractivity contribution in [2.75, 3.05) is 13.7 Å². The van der Waals surface area contributed by atoms with Gasteiger partial charge in [-0.05, 0) is 63.8 Å². The van der Waals surface area contributed by atoms with E-state index in [4.69, 9.17) is 21.1 Å². The Morgan fingerprint density at radius 1 is 1.32 bits per heavy atom. The fourth-order valence-electron chi connectivity index (χ4n) is 3.72. The van der Waals surface area contributed by atoms with Crippen molar-refractivity contribution >= 4 is 34.6 Å². The average Bonchev–Trinajstić information content (AvgIpc) is 2.98. The fraction of sp³-hybridized carbons (Fsp3) is 0.524. The summed E-state index contributed by atoms with van der Waals surface area (Å²) in [7, 11) is 1.38. The van der Waals surface area contributed by atoms with Crippen molar-refractivity contribution in [1.82, 2.24) is 9.88 Å². The fourth-order valence-corrected chi connectivity index (χ4v) is 3.89. The van der Waals surface area contributed by atoms with Crippen LogP contribution >= 0.6 is 11.6 Å². The molecule has 0 fully saturated rings. The van der Waals surface area contributed by atoms with Crippen LogP contribution in [0, 0.1) is 0 Å². The number of hydrogen-bond acceptors (Lipinski definition) is 4. The third kappa shape index (κ3) is 4.43. The summed E-state index contributed by atoms with van der Waals surface area (Å²) in [6, 6.07) is 5.58. The number of nitrogens with zero attached hydrogens (tertiary/aromatic N) is 1. The van der Waals surface area contributed by atoms with Crippen LogP contribution in [0.25, 0.3) is 10.9 Å². The second-order valence-corrected chi connectivity index (χ2v) is 8.55. The molecule has 2 heterocycles. The third-order valence-electron chi connectivity index (χ3n) is 4.93. The van der Waals surface area contributed by atoms with Gasteiger partial charge in [0.05, 0.1) is 13.2 Å². The van der Waals surface area contributed by atoms with Crippen molar-refractivity contribution in [2.45, 2.75) is 58.1 Å². The molecule has 3 rings (SSSR count). The molecular weight excluding hydrogens is 380 g/mol. The molecule has 1 atom stereocenters. The molecule has 0 bridgehead atoms. The zero-order chi connectivity index (χ0) is 20.5. The van der Waals surface area contributed by atoms with Gasteiger partial charge < -0.3 is 14.5 Å². The van der Waals surface area contributed by atoms with Gasteiger partial charge in [-0.3, -0.25) is 9.69 Å². The third-order valence-corrected chi connectivity index (χ3v) is 5.16. The number of fused-ring (bicyclic) bond motifs is 3. The van der Waals surface area contributed by atoms with Crippen LogP contribution in [0.5, 0.6) is 0 Å². The molecule has 1 unspecified atom stereocenters. The summed E-state index contributed by atoms with van der Waals surface area (Å²) in [6.45, 7) is 6.14. The number of amides is 1. The standard InChI is InChI=1S/C21H27ClN2O4/c1-21(2,3)28-20(26)24-11-10-14-15-12-13(22)8-9-16(15)23-19(14)17(24)6-5-7-18(25)27-4/h8-9,12,17,23H,5-7,10-11H2,1-4H3. The van der Waals surface area contributed by atoms with Crippen LogP contribution in [0.1, 0.15) is 57.3 Å². The normalized spacial score (nSPS) is 16.8. The van der Waals surface area contributed by atoms with Crippen LogP contribution in [0.3, 0.4) is 0 Å². The summed E-state index contributed by atoms with van der Waals surface area (Å²) >= 11 is 6.19. The Morgan fingerprint density at radius 2 is 2.07 bits per heavy atom. The number of esters is 1. The summed E-state index contributed by atoms with van der Waals surface area (Å²) in [5.41, 5.74) is 2.61. The van der Waals surface area contributed by atoms with Crippen molar-refractivity contribution in [3.8, 4) is 0 Å². The number of hydrogen-bond donors (Lipinski definition) is 1. The van der Waals surface area contributed by atoms with Gasteiger partial charge in [0.25, 0.3) is 0 Å². The minimum Gasteiger partial charge on any atom is -0.469 e. The minimum atomic E-state index is -0.568. The molecule has 1 aliphatic rings. The summed E-state index contributed by atoms with van der Waals surface area (Å²) in [4.78, 5) is 29.6.